The minimum atomic E-state index is -0.175. The highest BCUT2D eigenvalue weighted by molar-refractivity contribution is 7.15. The van der Waals surface area contributed by atoms with E-state index in [1.165, 1.54) is 0 Å². The summed E-state index contributed by atoms with van der Waals surface area (Å²) in [7, 11) is 0. The van der Waals surface area contributed by atoms with Crippen molar-refractivity contribution in [1.29, 1.82) is 0 Å². The molecule has 0 aliphatic carbocycles. The van der Waals surface area contributed by atoms with Gasteiger partial charge in [0.05, 0.1) is 5.92 Å². The summed E-state index contributed by atoms with van der Waals surface area (Å²) in [6.45, 7) is 6.70. The Kier molecular flexibility index (Phi) is 5.80. The van der Waals surface area contributed by atoms with Crippen LogP contribution in [0.2, 0.25) is 0 Å². The fourth-order valence-electron chi connectivity index (χ4n) is 4.17. The molecule has 7 nitrogen and oxygen atoms in total. The first-order chi connectivity index (χ1) is 14.0. The van der Waals surface area contributed by atoms with Crippen LogP contribution in [0.5, 0.6) is 0 Å². The molecule has 0 unspecified atom stereocenters. The molecule has 2 aliphatic heterocycles. The Morgan fingerprint density at radius 3 is 2.76 bits per heavy atom. The van der Waals surface area contributed by atoms with Crippen molar-refractivity contribution in [2.45, 2.75) is 39.0 Å². The number of nitrogens with one attached hydrogen (secondary N) is 1. The average molecular weight is 414 g/mol. The zero-order valence-corrected chi connectivity index (χ0v) is 17.7. The van der Waals surface area contributed by atoms with Gasteiger partial charge in [-0.3, -0.25) is 9.59 Å². The van der Waals surface area contributed by atoms with Gasteiger partial charge in [-0.1, -0.05) is 6.07 Å². The van der Waals surface area contributed by atoms with Crippen LogP contribution in [0.3, 0.4) is 0 Å². The number of amides is 2. The quantitative estimate of drug-likeness (QED) is 0.815. The van der Waals surface area contributed by atoms with Gasteiger partial charge in [0.15, 0.2) is 5.13 Å². The molecule has 2 saturated heterocycles. The smallest absolute Gasteiger partial charge is 0.227 e. The van der Waals surface area contributed by atoms with Crippen LogP contribution in [0.25, 0.3) is 0 Å². The molecule has 1 N–H and O–H groups in total. The molecule has 154 valence electrons. The number of nitrogens with zero attached hydrogens (tertiary/aromatic N) is 4. The number of hydrogen-bond acceptors (Lipinski definition) is 6. The Balaban J connectivity index is 1.34. The largest absolute Gasteiger partial charge is 0.342 e. The van der Waals surface area contributed by atoms with E-state index in [2.05, 4.69) is 16.4 Å². The second kappa shape index (κ2) is 8.49. The van der Waals surface area contributed by atoms with Crippen molar-refractivity contribution >= 4 is 34.1 Å². The minimum absolute atomic E-state index is 0.102. The maximum absolute atomic E-state index is 12.8. The van der Waals surface area contributed by atoms with Crippen LogP contribution in [0.15, 0.2) is 24.4 Å². The Bertz CT molecular complexity index is 891. The number of carbonyl (C=O) groups is 2. The topological polar surface area (TPSA) is 78.4 Å². The highest BCUT2D eigenvalue weighted by atomic mass is 32.1. The first-order valence-corrected chi connectivity index (χ1v) is 11.1. The van der Waals surface area contributed by atoms with Gasteiger partial charge in [-0.25, -0.2) is 9.97 Å². The van der Waals surface area contributed by atoms with Crippen LogP contribution in [-0.2, 0) is 9.59 Å². The number of thiazole rings is 1. The standard InChI is InChI=1S/C21H27N5O2S/c1-3-25-13-16(11-19(25)27)20(28)26-9-7-15(8-10-26)17-5-4-6-18(23-17)24-21-22-12-14(2)29-21/h4-6,12,15-16H,3,7-11,13H2,1-2H3,(H,22,23,24)/t16-/m1/s1. The van der Waals surface area contributed by atoms with E-state index in [0.29, 0.717) is 25.4 Å². The van der Waals surface area contributed by atoms with Crippen LogP contribution in [-0.4, -0.2) is 57.8 Å². The summed E-state index contributed by atoms with van der Waals surface area (Å²) in [5.74, 6) is 1.21. The predicted molar refractivity (Wildman–Crippen MR) is 113 cm³/mol. The van der Waals surface area contributed by atoms with Crippen LogP contribution >= 0.6 is 11.3 Å². The van der Waals surface area contributed by atoms with Gasteiger partial charge < -0.3 is 15.1 Å². The maximum atomic E-state index is 12.8. The van der Waals surface area contributed by atoms with E-state index < -0.39 is 0 Å². The number of anilines is 2. The first kappa shape index (κ1) is 19.8. The third kappa shape index (κ3) is 4.42. The van der Waals surface area contributed by atoms with Crippen LogP contribution < -0.4 is 5.32 Å². The second-order valence-corrected chi connectivity index (χ2v) is 9.02. The number of hydrogen-bond donors (Lipinski definition) is 1. The SMILES string of the molecule is CCN1C[C@H](C(=O)N2CCC(c3cccc(Nc4ncc(C)s4)n3)CC2)CC1=O. The maximum Gasteiger partial charge on any atom is 0.227 e. The summed E-state index contributed by atoms with van der Waals surface area (Å²) in [6, 6.07) is 6.04. The number of aromatic nitrogens is 2. The Labute approximate surface area is 175 Å². The van der Waals surface area contributed by atoms with E-state index in [-0.39, 0.29) is 17.7 Å². The van der Waals surface area contributed by atoms with E-state index in [0.717, 1.165) is 47.5 Å². The molecule has 2 aromatic rings. The van der Waals surface area contributed by atoms with Gasteiger partial charge in [0.1, 0.15) is 5.82 Å². The summed E-state index contributed by atoms with van der Waals surface area (Å²) in [5, 5.41) is 4.12. The number of piperidine rings is 1. The van der Waals surface area contributed by atoms with Crippen molar-refractivity contribution in [1.82, 2.24) is 19.8 Å². The number of carbonyl (C=O) groups excluding carboxylic acids is 2. The Hall–Kier alpha value is -2.48. The third-order valence-corrected chi connectivity index (χ3v) is 6.63. The van der Waals surface area contributed by atoms with Gasteiger partial charge in [0, 0.05) is 55.3 Å². The average Bonchev–Trinajstić information content (AvgIpc) is 3.32. The molecule has 29 heavy (non-hydrogen) atoms. The molecule has 2 amide bonds. The first-order valence-electron chi connectivity index (χ1n) is 10.3. The summed E-state index contributed by atoms with van der Waals surface area (Å²) in [5.41, 5.74) is 1.06. The van der Waals surface area contributed by atoms with Crippen molar-refractivity contribution < 1.29 is 9.59 Å². The number of likely N-dealkylation sites (tertiary alicyclic amines) is 2. The fourth-order valence-corrected chi connectivity index (χ4v) is 4.84. The number of aryl methyl sites for hydroxylation is 1. The Morgan fingerprint density at radius 1 is 1.31 bits per heavy atom. The summed E-state index contributed by atoms with van der Waals surface area (Å²) < 4.78 is 0. The molecule has 0 spiro atoms. The fraction of sp³-hybridized carbons (Fsp3) is 0.524. The molecule has 4 rings (SSSR count). The minimum Gasteiger partial charge on any atom is -0.342 e. The molecular weight excluding hydrogens is 386 g/mol. The second-order valence-electron chi connectivity index (χ2n) is 7.78. The molecule has 0 aromatic carbocycles. The van der Waals surface area contributed by atoms with Gasteiger partial charge in [-0.2, -0.15) is 0 Å². The van der Waals surface area contributed by atoms with Gasteiger partial charge in [-0.05, 0) is 38.8 Å². The highest BCUT2D eigenvalue weighted by Gasteiger charge is 2.37. The monoisotopic (exact) mass is 413 g/mol. The molecule has 2 aliphatic rings. The van der Waals surface area contributed by atoms with Crippen LogP contribution in [0.1, 0.15) is 42.7 Å². The normalized spacial score (nSPS) is 20.3. The zero-order valence-electron chi connectivity index (χ0n) is 16.9. The predicted octanol–water partition coefficient (Wildman–Crippen LogP) is 3.16. The van der Waals surface area contributed by atoms with Crippen LogP contribution in [0.4, 0.5) is 10.9 Å². The van der Waals surface area contributed by atoms with Gasteiger partial charge in [0.25, 0.3) is 0 Å². The van der Waals surface area contributed by atoms with Crippen molar-refractivity contribution in [2.75, 3.05) is 31.5 Å². The molecule has 0 radical (unpaired) electrons. The summed E-state index contributed by atoms with van der Waals surface area (Å²) in [4.78, 5) is 38.8. The van der Waals surface area contributed by atoms with Gasteiger partial charge in [-0.15, -0.1) is 11.3 Å². The lowest BCUT2D eigenvalue weighted by Gasteiger charge is -2.33. The lowest BCUT2D eigenvalue weighted by Crippen LogP contribution is -2.42. The van der Waals surface area contributed by atoms with Gasteiger partial charge >= 0.3 is 0 Å². The lowest BCUT2D eigenvalue weighted by atomic mass is 9.92. The van der Waals surface area contributed by atoms with Gasteiger partial charge in [0.2, 0.25) is 11.8 Å². The Morgan fingerprint density at radius 2 is 2.10 bits per heavy atom. The molecule has 4 heterocycles. The molecule has 0 saturated carbocycles. The van der Waals surface area contributed by atoms with E-state index in [1.807, 2.05) is 37.1 Å². The molecule has 0 bridgehead atoms. The molecule has 2 fully saturated rings. The molecule has 1 atom stereocenters. The van der Waals surface area contributed by atoms with Crippen molar-refractivity contribution in [3.8, 4) is 0 Å². The number of rotatable bonds is 5. The third-order valence-electron chi connectivity index (χ3n) is 5.80. The summed E-state index contributed by atoms with van der Waals surface area (Å²) >= 11 is 1.61. The lowest BCUT2D eigenvalue weighted by molar-refractivity contribution is -0.136. The van der Waals surface area contributed by atoms with E-state index in [1.54, 1.807) is 16.2 Å². The summed E-state index contributed by atoms with van der Waals surface area (Å²) in [6.07, 6.45) is 4.01. The van der Waals surface area contributed by atoms with E-state index in [9.17, 15) is 9.59 Å². The molecule has 8 heteroatoms. The molecule has 2 aromatic heterocycles. The van der Waals surface area contributed by atoms with Crippen molar-refractivity contribution in [3.63, 3.8) is 0 Å². The molecular formula is C21H27N5O2S. The zero-order chi connectivity index (χ0) is 20.4. The van der Waals surface area contributed by atoms with E-state index in [4.69, 9.17) is 4.98 Å². The van der Waals surface area contributed by atoms with E-state index >= 15 is 0 Å². The highest BCUT2D eigenvalue weighted by Crippen LogP contribution is 2.30. The number of pyridine rings is 1. The van der Waals surface area contributed by atoms with Crippen molar-refractivity contribution in [2.24, 2.45) is 5.92 Å². The van der Waals surface area contributed by atoms with Crippen molar-refractivity contribution in [3.05, 3.63) is 35.0 Å². The van der Waals surface area contributed by atoms with Crippen LogP contribution in [0, 0.1) is 12.8 Å².